The van der Waals surface area contributed by atoms with E-state index >= 15 is 4.39 Å². The lowest BCUT2D eigenvalue weighted by Gasteiger charge is -2.44. The highest BCUT2D eigenvalue weighted by molar-refractivity contribution is 5.76. The predicted molar refractivity (Wildman–Crippen MR) is 150 cm³/mol. The number of rotatable bonds is 10. The van der Waals surface area contributed by atoms with Crippen LogP contribution < -0.4 is 10.6 Å². The SMILES string of the molecule is CCc1cccc(-c2c(F)cccc2[C@](O)(CCCNC(=O)O)[C@@H]2CCCN(C(=O)CC3CCNCC3)C2)c1. The molecule has 2 saturated heterocycles. The number of carboxylic acid groups (broad SMARTS) is 1. The molecule has 0 radical (unpaired) electrons. The van der Waals surface area contributed by atoms with E-state index in [1.54, 1.807) is 12.1 Å². The molecular weight excluding hydrogens is 497 g/mol. The van der Waals surface area contributed by atoms with Gasteiger partial charge in [0.2, 0.25) is 5.91 Å². The maximum atomic E-state index is 15.6. The van der Waals surface area contributed by atoms with E-state index in [2.05, 4.69) is 10.6 Å². The Balaban J connectivity index is 1.65. The Hall–Kier alpha value is -2.97. The molecule has 4 rings (SSSR count). The van der Waals surface area contributed by atoms with Gasteiger partial charge in [0.1, 0.15) is 5.82 Å². The molecule has 2 atom stereocenters. The lowest BCUT2D eigenvalue weighted by atomic mass is 9.72. The minimum absolute atomic E-state index is 0.122. The highest BCUT2D eigenvalue weighted by Gasteiger charge is 2.43. The smallest absolute Gasteiger partial charge is 0.404 e. The Kier molecular flexibility index (Phi) is 9.97. The summed E-state index contributed by atoms with van der Waals surface area (Å²) < 4.78 is 15.6. The summed E-state index contributed by atoms with van der Waals surface area (Å²) in [5, 5.41) is 27.3. The Labute approximate surface area is 230 Å². The third-order valence-corrected chi connectivity index (χ3v) is 8.49. The average molecular weight is 540 g/mol. The zero-order chi connectivity index (χ0) is 27.8. The van der Waals surface area contributed by atoms with Crippen molar-refractivity contribution in [2.75, 3.05) is 32.7 Å². The van der Waals surface area contributed by atoms with Crippen LogP contribution in [0.15, 0.2) is 42.5 Å². The number of halogens is 1. The van der Waals surface area contributed by atoms with Crippen LogP contribution in [0.2, 0.25) is 0 Å². The van der Waals surface area contributed by atoms with Gasteiger partial charge in [0.05, 0.1) is 5.60 Å². The van der Waals surface area contributed by atoms with Gasteiger partial charge in [-0.1, -0.05) is 43.3 Å². The Bertz CT molecular complexity index is 1140. The molecule has 8 heteroatoms. The van der Waals surface area contributed by atoms with Crippen molar-refractivity contribution < 1.29 is 24.2 Å². The number of aliphatic hydroxyl groups is 1. The Morgan fingerprint density at radius 2 is 1.92 bits per heavy atom. The van der Waals surface area contributed by atoms with Gasteiger partial charge in [-0.15, -0.1) is 0 Å². The molecule has 2 amide bonds. The van der Waals surface area contributed by atoms with Gasteiger partial charge < -0.3 is 25.7 Å². The molecular formula is C31H42FN3O4. The first kappa shape index (κ1) is 29.0. The molecule has 2 aromatic carbocycles. The van der Waals surface area contributed by atoms with E-state index in [4.69, 9.17) is 5.11 Å². The van der Waals surface area contributed by atoms with Gasteiger partial charge in [0.25, 0.3) is 0 Å². The van der Waals surface area contributed by atoms with Gasteiger partial charge in [-0.25, -0.2) is 9.18 Å². The van der Waals surface area contributed by atoms with Crippen molar-refractivity contribution in [2.45, 2.75) is 63.9 Å². The molecule has 0 aliphatic carbocycles. The van der Waals surface area contributed by atoms with Crippen LogP contribution in [0.5, 0.6) is 0 Å². The second-order valence-electron chi connectivity index (χ2n) is 11.1. The number of nitrogens with one attached hydrogen (secondary N) is 2. The molecule has 212 valence electrons. The van der Waals surface area contributed by atoms with Crippen LogP contribution >= 0.6 is 0 Å². The third-order valence-electron chi connectivity index (χ3n) is 8.49. The van der Waals surface area contributed by atoms with Crippen LogP contribution in [0.3, 0.4) is 0 Å². The van der Waals surface area contributed by atoms with E-state index in [1.165, 1.54) is 6.07 Å². The van der Waals surface area contributed by atoms with Crippen molar-refractivity contribution in [3.8, 4) is 11.1 Å². The van der Waals surface area contributed by atoms with E-state index < -0.39 is 17.5 Å². The van der Waals surface area contributed by atoms with E-state index in [0.717, 1.165) is 44.3 Å². The summed E-state index contributed by atoms with van der Waals surface area (Å²) in [5.41, 5.74) is 1.22. The fourth-order valence-corrected chi connectivity index (χ4v) is 6.29. The van der Waals surface area contributed by atoms with Gasteiger partial charge >= 0.3 is 6.09 Å². The van der Waals surface area contributed by atoms with Crippen LogP contribution in [0.4, 0.5) is 9.18 Å². The largest absolute Gasteiger partial charge is 0.465 e. The highest BCUT2D eigenvalue weighted by Crippen LogP contribution is 2.44. The molecule has 0 bridgehead atoms. The molecule has 2 aliphatic rings. The van der Waals surface area contributed by atoms with E-state index in [0.29, 0.717) is 55.0 Å². The first-order chi connectivity index (χ1) is 18.8. The minimum Gasteiger partial charge on any atom is -0.465 e. The zero-order valence-electron chi connectivity index (χ0n) is 22.9. The van der Waals surface area contributed by atoms with Gasteiger partial charge in [-0.2, -0.15) is 0 Å². The average Bonchev–Trinajstić information content (AvgIpc) is 2.95. The molecule has 0 saturated carbocycles. The summed E-state index contributed by atoms with van der Waals surface area (Å²) in [6.45, 7) is 5.16. The number of nitrogens with zero attached hydrogens (tertiary/aromatic N) is 1. The van der Waals surface area contributed by atoms with Crippen LogP contribution in [0.1, 0.15) is 63.0 Å². The number of hydrogen-bond donors (Lipinski definition) is 4. The Morgan fingerprint density at radius 3 is 2.67 bits per heavy atom. The maximum absolute atomic E-state index is 15.6. The van der Waals surface area contributed by atoms with E-state index in [-0.39, 0.29) is 24.8 Å². The number of piperidine rings is 2. The van der Waals surface area contributed by atoms with Crippen LogP contribution in [0, 0.1) is 17.7 Å². The minimum atomic E-state index is -1.44. The summed E-state index contributed by atoms with van der Waals surface area (Å²) in [6.07, 6.45) is 4.28. The number of carbonyl (C=O) groups excluding carboxylic acids is 1. The standard InChI is InChI=1S/C31H42FN3O4/c1-2-22-7-3-8-24(19-22)29-26(10-4-11-27(29)32)31(39,14-6-15-34-30(37)38)25-9-5-18-35(21-25)28(36)20-23-12-16-33-17-13-23/h3-4,7-8,10-11,19,23,25,33-34,39H,2,5-6,9,12-18,20-21H2,1H3,(H,37,38)/t25-,31+/m1/s1. The van der Waals surface area contributed by atoms with Gasteiger partial charge in [0.15, 0.2) is 0 Å². The summed E-state index contributed by atoms with van der Waals surface area (Å²) in [4.78, 5) is 26.2. The van der Waals surface area contributed by atoms with E-state index in [1.807, 2.05) is 36.1 Å². The molecule has 7 nitrogen and oxygen atoms in total. The number of hydrogen-bond acceptors (Lipinski definition) is 4. The van der Waals surface area contributed by atoms with Crippen molar-refractivity contribution in [3.63, 3.8) is 0 Å². The summed E-state index contributed by atoms with van der Waals surface area (Å²) >= 11 is 0. The molecule has 2 aromatic rings. The fourth-order valence-electron chi connectivity index (χ4n) is 6.29. The normalized spacial score (nSPS) is 19.9. The molecule has 2 heterocycles. The van der Waals surface area contributed by atoms with Crippen LogP contribution in [0.25, 0.3) is 11.1 Å². The van der Waals surface area contributed by atoms with Crippen molar-refractivity contribution in [1.29, 1.82) is 0 Å². The van der Waals surface area contributed by atoms with Crippen LogP contribution in [-0.2, 0) is 16.8 Å². The predicted octanol–water partition coefficient (Wildman–Crippen LogP) is 4.92. The van der Waals surface area contributed by atoms with Crippen molar-refractivity contribution in [1.82, 2.24) is 15.5 Å². The highest BCUT2D eigenvalue weighted by atomic mass is 19.1. The molecule has 39 heavy (non-hydrogen) atoms. The molecule has 2 fully saturated rings. The fraction of sp³-hybridized carbons (Fsp3) is 0.548. The van der Waals surface area contributed by atoms with Crippen molar-refractivity contribution in [3.05, 3.63) is 59.4 Å². The molecule has 0 unspecified atom stereocenters. The zero-order valence-corrected chi connectivity index (χ0v) is 22.9. The second kappa shape index (κ2) is 13.4. The second-order valence-corrected chi connectivity index (χ2v) is 11.1. The van der Waals surface area contributed by atoms with Crippen LogP contribution in [-0.4, -0.2) is 59.8 Å². The monoisotopic (exact) mass is 539 g/mol. The lowest BCUT2D eigenvalue weighted by molar-refractivity contribution is -0.138. The summed E-state index contributed by atoms with van der Waals surface area (Å²) in [6, 6.07) is 12.6. The number of likely N-dealkylation sites (tertiary alicyclic amines) is 1. The van der Waals surface area contributed by atoms with E-state index in [9.17, 15) is 14.7 Å². The third kappa shape index (κ3) is 7.17. The van der Waals surface area contributed by atoms with Gasteiger partial charge in [-0.05, 0) is 86.7 Å². The van der Waals surface area contributed by atoms with Crippen molar-refractivity contribution >= 4 is 12.0 Å². The Morgan fingerprint density at radius 1 is 1.15 bits per heavy atom. The topological polar surface area (TPSA) is 102 Å². The van der Waals surface area contributed by atoms with Crippen molar-refractivity contribution in [2.24, 2.45) is 11.8 Å². The number of aryl methyl sites for hydroxylation is 1. The molecule has 2 aliphatic heterocycles. The number of benzene rings is 2. The quantitative estimate of drug-likeness (QED) is 0.321. The van der Waals surface area contributed by atoms with Gasteiger partial charge in [0, 0.05) is 37.5 Å². The summed E-state index contributed by atoms with van der Waals surface area (Å²) in [7, 11) is 0. The lowest BCUT2D eigenvalue weighted by Crippen LogP contribution is -2.49. The first-order valence-corrected chi connectivity index (χ1v) is 14.4. The maximum Gasteiger partial charge on any atom is 0.404 e. The number of amides is 2. The molecule has 0 aromatic heterocycles. The molecule has 4 N–H and O–H groups in total. The van der Waals surface area contributed by atoms with Gasteiger partial charge in [-0.3, -0.25) is 4.79 Å². The number of carbonyl (C=O) groups is 2. The first-order valence-electron chi connectivity index (χ1n) is 14.4. The summed E-state index contributed by atoms with van der Waals surface area (Å²) in [5.74, 6) is -0.210. The molecule has 0 spiro atoms.